The van der Waals surface area contributed by atoms with Crippen molar-refractivity contribution in [2.75, 3.05) is 19.7 Å². The standard InChI is InChI=1S/C28H34N2O2/c31-21-27-12-7-17-30(27)20-26(18-23-8-3-1-4-9-23)29-19-24-13-15-28(16-14-24)32-22-25-10-5-2-6-11-25/h1-6,8-11,13-16,26-27,29,31H,7,12,17-22H2. The molecular formula is C28H34N2O2. The molecule has 2 N–H and O–H groups in total. The van der Waals surface area contributed by atoms with E-state index in [4.69, 9.17) is 4.74 Å². The fourth-order valence-corrected chi connectivity index (χ4v) is 4.43. The maximum Gasteiger partial charge on any atom is 0.119 e. The summed E-state index contributed by atoms with van der Waals surface area (Å²) >= 11 is 0. The molecule has 2 unspecified atom stereocenters. The van der Waals surface area contributed by atoms with Crippen LogP contribution >= 0.6 is 0 Å². The molecule has 1 aliphatic rings. The van der Waals surface area contributed by atoms with Crippen LogP contribution in [-0.4, -0.2) is 41.8 Å². The SMILES string of the molecule is OCC1CCCN1CC(Cc1ccccc1)NCc1ccc(OCc2ccccc2)cc1. The van der Waals surface area contributed by atoms with Gasteiger partial charge in [-0.3, -0.25) is 4.90 Å². The van der Waals surface area contributed by atoms with Crippen molar-refractivity contribution in [3.8, 4) is 5.75 Å². The van der Waals surface area contributed by atoms with Gasteiger partial charge in [0.15, 0.2) is 0 Å². The maximum atomic E-state index is 9.72. The number of ether oxygens (including phenoxy) is 1. The van der Waals surface area contributed by atoms with Crippen LogP contribution in [0, 0.1) is 0 Å². The van der Waals surface area contributed by atoms with Gasteiger partial charge in [-0.25, -0.2) is 0 Å². The van der Waals surface area contributed by atoms with E-state index in [1.54, 1.807) is 0 Å². The van der Waals surface area contributed by atoms with Crippen LogP contribution in [0.2, 0.25) is 0 Å². The first kappa shape index (κ1) is 22.5. The second kappa shape index (κ2) is 11.8. The third-order valence-electron chi connectivity index (χ3n) is 6.26. The predicted octanol–water partition coefficient (Wildman–Crippen LogP) is 4.42. The van der Waals surface area contributed by atoms with E-state index in [1.807, 2.05) is 18.2 Å². The average molecular weight is 431 g/mol. The molecule has 0 aliphatic carbocycles. The lowest BCUT2D eigenvalue weighted by atomic mass is 10.0. The van der Waals surface area contributed by atoms with Gasteiger partial charge in [-0.1, -0.05) is 72.8 Å². The van der Waals surface area contributed by atoms with Gasteiger partial charge in [-0.05, 0) is 54.6 Å². The molecule has 0 bridgehead atoms. The Kier molecular flexibility index (Phi) is 8.32. The van der Waals surface area contributed by atoms with Crippen LogP contribution in [0.5, 0.6) is 5.75 Å². The van der Waals surface area contributed by atoms with Crippen molar-refractivity contribution in [2.24, 2.45) is 0 Å². The lowest BCUT2D eigenvalue weighted by Crippen LogP contribution is -2.45. The number of hydrogen-bond donors (Lipinski definition) is 2. The Bertz CT molecular complexity index is 915. The van der Waals surface area contributed by atoms with Crippen LogP contribution in [-0.2, 0) is 19.6 Å². The molecule has 0 aromatic heterocycles. The van der Waals surface area contributed by atoms with Gasteiger partial charge in [-0.2, -0.15) is 0 Å². The number of nitrogens with zero attached hydrogens (tertiary/aromatic N) is 1. The van der Waals surface area contributed by atoms with Gasteiger partial charge < -0.3 is 15.2 Å². The molecule has 0 radical (unpaired) electrons. The van der Waals surface area contributed by atoms with E-state index < -0.39 is 0 Å². The highest BCUT2D eigenvalue weighted by atomic mass is 16.5. The largest absolute Gasteiger partial charge is 0.489 e. The van der Waals surface area contributed by atoms with Crippen LogP contribution in [0.4, 0.5) is 0 Å². The second-order valence-corrected chi connectivity index (χ2v) is 8.66. The number of hydrogen-bond acceptors (Lipinski definition) is 4. The van der Waals surface area contributed by atoms with Crippen LogP contribution in [0.1, 0.15) is 29.5 Å². The number of aliphatic hydroxyl groups is 1. The average Bonchev–Trinajstić information content (AvgIpc) is 3.30. The zero-order chi connectivity index (χ0) is 22.0. The summed E-state index contributed by atoms with van der Waals surface area (Å²) in [5.74, 6) is 0.890. The molecule has 32 heavy (non-hydrogen) atoms. The minimum Gasteiger partial charge on any atom is -0.489 e. The summed E-state index contributed by atoms with van der Waals surface area (Å²) in [4.78, 5) is 2.45. The fraction of sp³-hybridized carbons (Fsp3) is 0.357. The maximum absolute atomic E-state index is 9.72. The van der Waals surface area contributed by atoms with Crippen molar-refractivity contribution < 1.29 is 9.84 Å². The molecule has 0 amide bonds. The Balaban J connectivity index is 1.33. The molecule has 0 saturated carbocycles. The van der Waals surface area contributed by atoms with Gasteiger partial charge in [0.2, 0.25) is 0 Å². The van der Waals surface area contributed by atoms with Crippen molar-refractivity contribution in [3.05, 3.63) is 102 Å². The van der Waals surface area contributed by atoms with E-state index in [9.17, 15) is 5.11 Å². The van der Waals surface area contributed by atoms with E-state index in [0.29, 0.717) is 18.7 Å². The molecule has 4 nitrogen and oxygen atoms in total. The zero-order valence-corrected chi connectivity index (χ0v) is 18.7. The molecule has 4 heteroatoms. The molecule has 0 spiro atoms. The Hall–Kier alpha value is -2.66. The number of likely N-dealkylation sites (tertiary alicyclic amines) is 1. The highest BCUT2D eigenvalue weighted by molar-refractivity contribution is 5.28. The first-order valence-electron chi connectivity index (χ1n) is 11.7. The van der Waals surface area contributed by atoms with Gasteiger partial charge in [-0.15, -0.1) is 0 Å². The summed E-state index contributed by atoms with van der Waals surface area (Å²) in [5.41, 5.74) is 3.76. The predicted molar refractivity (Wildman–Crippen MR) is 130 cm³/mol. The zero-order valence-electron chi connectivity index (χ0n) is 18.7. The monoisotopic (exact) mass is 430 g/mol. The van der Waals surface area contributed by atoms with Gasteiger partial charge >= 0.3 is 0 Å². The minimum absolute atomic E-state index is 0.252. The first-order valence-corrected chi connectivity index (χ1v) is 11.7. The number of nitrogens with one attached hydrogen (secondary N) is 1. The highest BCUT2D eigenvalue weighted by Crippen LogP contribution is 2.19. The molecule has 3 aromatic carbocycles. The van der Waals surface area contributed by atoms with Crippen LogP contribution < -0.4 is 10.1 Å². The van der Waals surface area contributed by atoms with Crippen molar-refractivity contribution in [1.29, 1.82) is 0 Å². The molecule has 1 saturated heterocycles. The Labute approximate surface area is 191 Å². The first-order chi connectivity index (χ1) is 15.8. The molecule has 1 heterocycles. The molecule has 1 fully saturated rings. The number of aliphatic hydroxyl groups excluding tert-OH is 1. The number of benzene rings is 3. The smallest absolute Gasteiger partial charge is 0.119 e. The Morgan fingerprint density at radius 1 is 0.875 bits per heavy atom. The second-order valence-electron chi connectivity index (χ2n) is 8.66. The van der Waals surface area contributed by atoms with Crippen molar-refractivity contribution in [1.82, 2.24) is 10.2 Å². The summed E-state index contributed by atoms with van der Waals surface area (Å²) < 4.78 is 5.91. The summed E-state index contributed by atoms with van der Waals surface area (Å²) in [6, 6.07) is 29.9. The normalized spacial score (nSPS) is 17.3. The third-order valence-corrected chi connectivity index (χ3v) is 6.26. The quantitative estimate of drug-likeness (QED) is 0.473. The van der Waals surface area contributed by atoms with E-state index in [0.717, 1.165) is 38.2 Å². The van der Waals surface area contributed by atoms with E-state index in [1.165, 1.54) is 23.1 Å². The molecule has 168 valence electrons. The Morgan fingerprint density at radius 2 is 1.56 bits per heavy atom. The van der Waals surface area contributed by atoms with Crippen LogP contribution in [0.25, 0.3) is 0 Å². The van der Waals surface area contributed by atoms with Crippen molar-refractivity contribution in [2.45, 2.75) is 44.5 Å². The molecule has 1 aliphatic heterocycles. The summed E-state index contributed by atoms with van der Waals surface area (Å²) in [6.07, 6.45) is 3.25. The van der Waals surface area contributed by atoms with Crippen LogP contribution in [0.3, 0.4) is 0 Å². The topological polar surface area (TPSA) is 44.7 Å². The minimum atomic E-state index is 0.252. The molecular weight excluding hydrogens is 396 g/mol. The molecule has 3 aromatic rings. The molecule has 2 atom stereocenters. The lowest BCUT2D eigenvalue weighted by Gasteiger charge is -2.29. The van der Waals surface area contributed by atoms with Crippen molar-refractivity contribution >= 4 is 0 Å². The summed E-state index contributed by atoms with van der Waals surface area (Å²) in [6.45, 7) is 3.68. The Morgan fingerprint density at radius 3 is 2.25 bits per heavy atom. The highest BCUT2D eigenvalue weighted by Gasteiger charge is 2.26. The van der Waals surface area contributed by atoms with E-state index in [2.05, 4.69) is 76.9 Å². The van der Waals surface area contributed by atoms with E-state index >= 15 is 0 Å². The van der Waals surface area contributed by atoms with Crippen LogP contribution in [0.15, 0.2) is 84.9 Å². The molecule has 4 rings (SSSR count). The summed E-state index contributed by atoms with van der Waals surface area (Å²) in [5, 5.41) is 13.5. The van der Waals surface area contributed by atoms with Gasteiger partial charge in [0.05, 0.1) is 6.61 Å². The fourth-order valence-electron chi connectivity index (χ4n) is 4.43. The van der Waals surface area contributed by atoms with Crippen molar-refractivity contribution in [3.63, 3.8) is 0 Å². The van der Waals surface area contributed by atoms with Gasteiger partial charge in [0.1, 0.15) is 12.4 Å². The third kappa shape index (κ3) is 6.67. The number of rotatable bonds is 11. The van der Waals surface area contributed by atoms with Gasteiger partial charge in [0.25, 0.3) is 0 Å². The van der Waals surface area contributed by atoms with E-state index in [-0.39, 0.29) is 6.61 Å². The summed E-state index contributed by atoms with van der Waals surface area (Å²) in [7, 11) is 0. The van der Waals surface area contributed by atoms with Gasteiger partial charge in [0, 0.05) is 25.2 Å². The lowest BCUT2D eigenvalue weighted by molar-refractivity contribution is 0.147.